The van der Waals surface area contributed by atoms with Gasteiger partial charge in [-0.3, -0.25) is 0 Å². The molecule has 0 fully saturated rings. The van der Waals surface area contributed by atoms with Crippen molar-refractivity contribution >= 4 is 27.6 Å². The van der Waals surface area contributed by atoms with Gasteiger partial charge in [-0.05, 0) is 35.0 Å². The summed E-state index contributed by atoms with van der Waals surface area (Å²) in [5.41, 5.74) is 9.64. The highest BCUT2D eigenvalue weighted by molar-refractivity contribution is 5.93. The van der Waals surface area contributed by atoms with E-state index in [1.165, 1.54) is 0 Å². The van der Waals surface area contributed by atoms with Crippen LogP contribution >= 0.6 is 0 Å². The second-order valence-corrected chi connectivity index (χ2v) is 5.13. The molecule has 0 unspecified atom stereocenters. The van der Waals surface area contributed by atoms with Gasteiger partial charge in [-0.2, -0.15) is 0 Å². The van der Waals surface area contributed by atoms with Crippen molar-refractivity contribution in [2.75, 3.05) is 5.73 Å². The van der Waals surface area contributed by atoms with E-state index in [0.717, 1.165) is 39.0 Å². The molecule has 0 radical (unpaired) electrons. The summed E-state index contributed by atoms with van der Waals surface area (Å²) < 4.78 is 1.98. The van der Waals surface area contributed by atoms with Gasteiger partial charge in [0.05, 0.1) is 0 Å². The SMILES string of the molecule is Cn1c(-c2cc3ccccc3cc2N)nc2cccnc21. The van der Waals surface area contributed by atoms with Crippen molar-refractivity contribution in [1.29, 1.82) is 0 Å². The van der Waals surface area contributed by atoms with E-state index in [1.54, 1.807) is 6.20 Å². The maximum absolute atomic E-state index is 6.24. The second kappa shape index (κ2) is 4.31. The first-order chi connectivity index (χ1) is 10.2. The largest absolute Gasteiger partial charge is 0.398 e. The van der Waals surface area contributed by atoms with E-state index < -0.39 is 0 Å². The summed E-state index contributed by atoms with van der Waals surface area (Å²) in [6.45, 7) is 0. The summed E-state index contributed by atoms with van der Waals surface area (Å²) in [6.07, 6.45) is 1.78. The van der Waals surface area contributed by atoms with Crippen molar-refractivity contribution in [1.82, 2.24) is 14.5 Å². The normalized spacial score (nSPS) is 11.3. The van der Waals surface area contributed by atoms with Crippen molar-refractivity contribution in [3.63, 3.8) is 0 Å². The molecule has 0 amide bonds. The first-order valence-electron chi connectivity index (χ1n) is 6.80. The minimum absolute atomic E-state index is 0.729. The lowest BCUT2D eigenvalue weighted by molar-refractivity contribution is 0.943. The minimum Gasteiger partial charge on any atom is -0.398 e. The molecule has 0 spiro atoms. The number of aromatic nitrogens is 3. The van der Waals surface area contributed by atoms with Crippen LogP contribution in [0, 0.1) is 0 Å². The van der Waals surface area contributed by atoms with Gasteiger partial charge in [-0.25, -0.2) is 9.97 Å². The van der Waals surface area contributed by atoms with Gasteiger partial charge in [0.25, 0.3) is 0 Å². The summed E-state index contributed by atoms with van der Waals surface area (Å²) in [6, 6.07) is 16.1. The molecule has 2 aromatic carbocycles. The lowest BCUT2D eigenvalue weighted by atomic mass is 10.0. The molecular weight excluding hydrogens is 260 g/mol. The average molecular weight is 274 g/mol. The van der Waals surface area contributed by atoms with Gasteiger partial charge >= 0.3 is 0 Å². The Labute approximate surface area is 121 Å². The zero-order valence-electron chi connectivity index (χ0n) is 11.6. The fourth-order valence-corrected chi connectivity index (χ4v) is 2.72. The van der Waals surface area contributed by atoms with E-state index in [1.807, 2.05) is 41.9 Å². The Morgan fingerprint density at radius 1 is 1.00 bits per heavy atom. The third kappa shape index (κ3) is 1.76. The summed E-state index contributed by atoms with van der Waals surface area (Å²) in [4.78, 5) is 9.05. The van der Waals surface area contributed by atoms with Gasteiger partial charge in [0, 0.05) is 24.5 Å². The molecule has 0 bridgehead atoms. The van der Waals surface area contributed by atoms with Crippen molar-refractivity contribution in [2.24, 2.45) is 7.05 Å². The first kappa shape index (κ1) is 11.9. The number of nitrogen functional groups attached to an aromatic ring is 1. The number of pyridine rings is 1. The Bertz CT molecular complexity index is 969. The van der Waals surface area contributed by atoms with Crippen LogP contribution in [0.5, 0.6) is 0 Å². The number of anilines is 1. The summed E-state index contributed by atoms with van der Waals surface area (Å²) in [7, 11) is 1.96. The zero-order chi connectivity index (χ0) is 14.4. The highest BCUT2D eigenvalue weighted by Gasteiger charge is 2.13. The van der Waals surface area contributed by atoms with Gasteiger partial charge in [-0.15, -0.1) is 0 Å². The van der Waals surface area contributed by atoms with E-state index in [4.69, 9.17) is 5.73 Å². The van der Waals surface area contributed by atoms with Crippen molar-refractivity contribution in [3.8, 4) is 11.4 Å². The number of hydrogen-bond acceptors (Lipinski definition) is 3. The van der Waals surface area contributed by atoms with Crippen LogP contribution in [-0.4, -0.2) is 14.5 Å². The van der Waals surface area contributed by atoms with Gasteiger partial charge in [0.15, 0.2) is 5.65 Å². The molecule has 2 heterocycles. The topological polar surface area (TPSA) is 56.7 Å². The number of rotatable bonds is 1. The lowest BCUT2D eigenvalue weighted by Crippen LogP contribution is -1.97. The standard InChI is InChI=1S/C17H14N4/c1-21-16(20-15-7-4-8-19-17(15)21)13-9-11-5-2-3-6-12(11)10-14(13)18/h2-10H,18H2,1H3. The van der Waals surface area contributed by atoms with Crippen LogP contribution in [0.25, 0.3) is 33.3 Å². The Kier molecular flexibility index (Phi) is 2.44. The van der Waals surface area contributed by atoms with Gasteiger partial charge in [0.2, 0.25) is 0 Å². The molecule has 21 heavy (non-hydrogen) atoms. The van der Waals surface area contributed by atoms with E-state index in [0.29, 0.717) is 0 Å². The van der Waals surface area contributed by atoms with Crippen LogP contribution in [0.4, 0.5) is 5.69 Å². The predicted molar refractivity (Wildman–Crippen MR) is 85.9 cm³/mol. The molecule has 4 aromatic rings. The summed E-state index contributed by atoms with van der Waals surface area (Å²) in [5, 5.41) is 2.29. The Balaban J connectivity index is 2.03. The van der Waals surface area contributed by atoms with E-state index in [9.17, 15) is 0 Å². The molecule has 0 aliphatic rings. The number of hydrogen-bond donors (Lipinski definition) is 1. The Morgan fingerprint density at radius 3 is 2.52 bits per heavy atom. The Morgan fingerprint density at radius 2 is 1.76 bits per heavy atom. The number of nitrogens with two attached hydrogens (primary N) is 1. The van der Waals surface area contributed by atoms with Crippen LogP contribution in [0.15, 0.2) is 54.7 Å². The van der Waals surface area contributed by atoms with Gasteiger partial charge in [0.1, 0.15) is 11.3 Å². The molecular formula is C17H14N4. The third-order valence-electron chi connectivity index (χ3n) is 3.79. The average Bonchev–Trinajstić information content (AvgIpc) is 2.84. The second-order valence-electron chi connectivity index (χ2n) is 5.13. The lowest BCUT2D eigenvalue weighted by Gasteiger charge is -2.08. The fourth-order valence-electron chi connectivity index (χ4n) is 2.72. The van der Waals surface area contributed by atoms with E-state index >= 15 is 0 Å². The van der Waals surface area contributed by atoms with Crippen molar-refractivity contribution < 1.29 is 0 Å². The molecule has 0 saturated heterocycles. The van der Waals surface area contributed by atoms with Crippen molar-refractivity contribution in [3.05, 3.63) is 54.7 Å². The smallest absolute Gasteiger partial charge is 0.159 e. The van der Waals surface area contributed by atoms with Crippen LogP contribution < -0.4 is 5.73 Å². The number of benzene rings is 2. The molecule has 4 nitrogen and oxygen atoms in total. The highest BCUT2D eigenvalue weighted by atomic mass is 15.1. The molecule has 0 atom stereocenters. The molecule has 2 N–H and O–H groups in total. The summed E-state index contributed by atoms with van der Waals surface area (Å²) in [5.74, 6) is 0.840. The molecule has 102 valence electrons. The third-order valence-corrected chi connectivity index (χ3v) is 3.79. The molecule has 2 aromatic heterocycles. The zero-order valence-corrected chi connectivity index (χ0v) is 11.6. The molecule has 0 saturated carbocycles. The summed E-state index contributed by atoms with van der Waals surface area (Å²) >= 11 is 0. The quantitative estimate of drug-likeness (QED) is 0.541. The maximum atomic E-state index is 6.24. The minimum atomic E-state index is 0.729. The van der Waals surface area contributed by atoms with Crippen LogP contribution in [-0.2, 0) is 7.05 Å². The number of fused-ring (bicyclic) bond motifs is 2. The monoisotopic (exact) mass is 274 g/mol. The van der Waals surface area contributed by atoms with E-state index in [-0.39, 0.29) is 0 Å². The molecule has 0 aliphatic carbocycles. The predicted octanol–water partition coefficient (Wildman–Crippen LogP) is 3.37. The van der Waals surface area contributed by atoms with E-state index in [2.05, 4.69) is 28.2 Å². The van der Waals surface area contributed by atoms with Crippen LogP contribution in [0.3, 0.4) is 0 Å². The highest BCUT2D eigenvalue weighted by Crippen LogP contribution is 2.31. The number of aryl methyl sites for hydroxylation is 1. The van der Waals surface area contributed by atoms with Crippen LogP contribution in [0.1, 0.15) is 0 Å². The molecule has 4 rings (SSSR count). The van der Waals surface area contributed by atoms with Gasteiger partial charge < -0.3 is 10.3 Å². The van der Waals surface area contributed by atoms with Crippen LogP contribution in [0.2, 0.25) is 0 Å². The Hall–Kier alpha value is -2.88. The number of imidazole rings is 1. The maximum Gasteiger partial charge on any atom is 0.159 e. The molecule has 0 aliphatic heterocycles. The molecule has 4 heteroatoms. The first-order valence-corrected chi connectivity index (χ1v) is 6.80. The van der Waals surface area contributed by atoms with Gasteiger partial charge in [-0.1, -0.05) is 24.3 Å². The van der Waals surface area contributed by atoms with Crippen molar-refractivity contribution in [2.45, 2.75) is 0 Å². The number of nitrogens with zero attached hydrogens (tertiary/aromatic N) is 3. The fraction of sp³-hybridized carbons (Fsp3) is 0.0588.